The van der Waals surface area contributed by atoms with Gasteiger partial charge in [-0.3, -0.25) is 19.3 Å². The van der Waals surface area contributed by atoms with Gasteiger partial charge in [0.05, 0.1) is 43.9 Å². The van der Waals surface area contributed by atoms with Gasteiger partial charge in [-0.1, -0.05) is 6.07 Å². The summed E-state index contributed by atoms with van der Waals surface area (Å²) < 4.78 is 16.5. The molecule has 1 atom stereocenters. The molecular formula is C23H26N2O6S. The zero-order chi connectivity index (χ0) is 22.8. The van der Waals surface area contributed by atoms with Gasteiger partial charge >= 0.3 is 5.97 Å². The summed E-state index contributed by atoms with van der Waals surface area (Å²) in [5.74, 6) is -0.277. The molecule has 1 fully saturated rings. The Labute approximate surface area is 190 Å². The molecule has 1 unspecified atom stereocenters. The molecule has 2 aromatic rings. The fraction of sp³-hybridized carbons (Fsp3) is 0.435. The van der Waals surface area contributed by atoms with E-state index in [1.54, 1.807) is 37.7 Å². The molecule has 1 aliphatic carbocycles. The molecular weight excluding hydrogens is 432 g/mol. The average molecular weight is 459 g/mol. The van der Waals surface area contributed by atoms with E-state index < -0.39 is 23.8 Å². The van der Waals surface area contributed by atoms with Crippen LogP contribution in [0.15, 0.2) is 23.6 Å². The van der Waals surface area contributed by atoms with Crippen molar-refractivity contribution in [1.29, 1.82) is 0 Å². The van der Waals surface area contributed by atoms with Crippen LogP contribution in [0, 0.1) is 0 Å². The van der Waals surface area contributed by atoms with Crippen molar-refractivity contribution >= 4 is 34.1 Å². The number of esters is 1. The summed E-state index contributed by atoms with van der Waals surface area (Å²) in [6.45, 7) is 0. The number of benzene rings is 1. The lowest BCUT2D eigenvalue weighted by atomic mass is 10.0. The number of fused-ring (bicyclic) bond motifs is 1. The van der Waals surface area contributed by atoms with Gasteiger partial charge in [0.1, 0.15) is 5.00 Å². The number of rotatable bonds is 8. The predicted octanol–water partition coefficient (Wildman–Crippen LogP) is 4.02. The fourth-order valence-corrected chi connectivity index (χ4v) is 5.20. The maximum atomic E-state index is 13.3. The van der Waals surface area contributed by atoms with Crippen molar-refractivity contribution in [1.82, 2.24) is 4.90 Å². The first-order valence-electron chi connectivity index (χ1n) is 10.6. The van der Waals surface area contributed by atoms with Crippen LogP contribution in [0.25, 0.3) is 0 Å². The SMILES string of the molecule is CNc1scc2c1C(=O)N(C(CC(=O)OC)c1ccc(OC)c(OC3CCCC3)c1)C2=O. The maximum Gasteiger partial charge on any atom is 0.307 e. The highest BCUT2D eigenvalue weighted by Gasteiger charge is 2.44. The second-order valence-corrected chi connectivity index (χ2v) is 8.69. The van der Waals surface area contributed by atoms with Crippen LogP contribution in [0.4, 0.5) is 5.00 Å². The van der Waals surface area contributed by atoms with Crippen molar-refractivity contribution in [3.8, 4) is 11.5 Å². The zero-order valence-electron chi connectivity index (χ0n) is 18.3. The normalized spacial score (nSPS) is 16.8. The van der Waals surface area contributed by atoms with Crippen molar-refractivity contribution in [3.63, 3.8) is 0 Å². The van der Waals surface area contributed by atoms with Gasteiger partial charge in [0.25, 0.3) is 11.8 Å². The molecule has 1 N–H and O–H groups in total. The first-order chi connectivity index (χ1) is 15.5. The number of carbonyl (C=O) groups excluding carboxylic acids is 3. The molecule has 1 aromatic heterocycles. The molecule has 2 heterocycles. The Balaban J connectivity index is 1.72. The van der Waals surface area contributed by atoms with Crippen LogP contribution in [0.3, 0.4) is 0 Å². The van der Waals surface area contributed by atoms with E-state index in [0.29, 0.717) is 33.2 Å². The summed E-state index contributed by atoms with van der Waals surface area (Å²) in [4.78, 5) is 39.9. The third-order valence-corrected chi connectivity index (χ3v) is 6.97. The monoisotopic (exact) mass is 458 g/mol. The second kappa shape index (κ2) is 9.20. The number of hydrogen-bond acceptors (Lipinski definition) is 8. The van der Waals surface area contributed by atoms with Crippen LogP contribution in [-0.2, 0) is 9.53 Å². The van der Waals surface area contributed by atoms with E-state index in [2.05, 4.69) is 5.32 Å². The highest BCUT2D eigenvalue weighted by atomic mass is 32.1. The van der Waals surface area contributed by atoms with E-state index in [1.807, 2.05) is 0 Å². The van der Waals surface area contributed by atoms with Crippen LogP contribution in [0.5, 0.6) is 11.5 Å². The summed E-state index contributed by atoms with van der Waals surface area (Å²) in [6, 6.07) is 4.42. The zero-order valence-corrected chi connectivity index (χ0v) is 19.1. The van der Waals surface area contributed by atoms with E-state index in [-0.39, 0.29) is 12.5 Å². The highest BCUT2D eigenvalue weighted by molar-refractivity contribution is 7.15. The van der Waals surface area contributed by atoms with Gasteiger partial charge in [-0.25, -0.2) is 0 Å². The van der Waals surface area contributed by atoms with Gasteiger partial charge in [-0.2, -0.15) is 0 Å². The summed E-state index contributed by atoms with van der Waals surface area (Å²) in [5, 5.41) is 5.25. The van der Waals surface area contributed by atoms with Gasteiger partial charge in [0.2, 0.25) is 0 Å². The first-order valence-corrected chi connectivity index (χ1v) is 11.4. The van der Waals surface area contributed by atoms with Crippen LogP contribution in [-0.4, -0.2) is 50.1 Å². The smallest absolute Gasteiger partial charge is 0.307 e. The molecule has 170 valence electrons. The van der Waals surface area contributed by atoms with Crippen molar-refractivity contribution in [2.24, 2.45) is 0 Å². The quantitative estimate of drug-likeness (QED) is 0.472. The van der Waals surface area contributed by atoms with Gasteiger partial charge in [0, 0.05) is 12.4 Å². The second-order valence-electron chi connectivity index (χ2n) is 7.81. The first kappa shape index (κ1) is 22.1. The number of amides is 2. The van der Waals surface area contributed by atoms with E-state index >= 15 is 0 Å². The van der Waals surface area contributed by atoms with Gasteiger partial charge in [-0.05, 0) is 43.4 Å². The fourth-order valence-electron chi connectivity index (χ4n) is 4.31. The van der Waals surface area contributed by atoms with Crippen molar-refractivity contribution < 1.29 is 28.6 Å². The third-order valence-electron chi connectivity index (χ3n) is 5.97. The predicted molar refractivity (Wildman–Crippen MR) is 120 cm³/mol. The van der Waals surface area contributed by atoms with Crippen LogP contribution in [0.2, 0.25) is 0 Å². The highest BCUT2D eigenvalue weighted by Crippen LogP contribution is 2.42. The number of thiophene rings is 1. The molecule has 32 heavy (non-hydrogen) atoms. The number of ether oxygens (including phenoxy) is 3. The standard InChI is InChI=1S/C23H26N2O6S/c1-24-21-20-15(12-32-21)22(27)25(23(20)28)16(11-19(26)30-3)13-8-9-17(29-2)18(10-13)31-14-6-4-5-7-14/h8-10,12,14,16,24H,4-7,11H2,1-3H3. The summed E-state index contributed by atoms with van der Waals surface area (Å²) in [5.41, 5.74) is 1.29. The summed E-state index contributed by atoms with van der Waals surface area (Å²) in [7, 11) is 4.55. The van der Waals surface area contributed by atoms with E-state index in [1.165, 1.54) is 18.4 Å². The number of methoxy groups -OCH3 is 2. The molecule has 2 aliphatic rings. The van der Waals surface area contributed by atoms with E-state index in [9.17, 15) is 14.4 Å². The molecule has 2 amide bonds. The van der Waals surface area contributed by atoms with Gasteiger partial charge in [-0.15, -0.1) is 11.3 Å². The Morgan fingerprint density at radius 1 is 1.19 bits per heavy atom. The lowest BCUT2D eigenvalue weighted by Crippen LogP contribution is -2.35. The van der Waals surface area contributed by atoms with Gasteiger partial charge in [0.15, 0.2) is 11.5 Å². The summed E-state index contributed by atoms with van der Waals surface area (Å²) in [6.07, 6.45) is 4.10. The molecule has 0 bridgehead atoms. The number of carbonyl (C=O) groups is 3. The Morgan fingerprint density at radius 3 is 2.59 bits per heavy atom. The molecule has 1 aliphatic heterocycles. The molecule has 9 heteroatoms. The van der Waals surface area contributed by atoms with Crippen molar-refractivity contribution in [2.75, 3.05) is 26.6 Å². The lowest BCUT2D eigenvalue weighted by molar-refractivity contribution is -0.141. The van der Waals surface area contributed by atoms with E-state index in [0.717, 1.165) is 30.6 Å². The minimum absolute atomic E-state index is 0.0955. The molecule has 1 aromatic carbocycles. The van der Waals surface area contributed by atoms with Gasteiger partial charge < -0.3 is 19.5 Å². The molecule has 4 rings (SSSR count). The molecule has 1 saturated carbocycles. The summed E-state index contributed by atoms with van der Waals surface area (Å²) >= 11 is 1.30. The topological polar surface area (TPSA) is 94.2 Å². The van der Waals surface area contributed by atoms with E-state index in [4.69, 9.17) is 14.2 Å². The Bertz CT molecular complexity index is 1040. The number of nitrogens with zero attached hydrogens (tertiary/aromatic N) is 1. The Hall–Kier alpha value is -3.07. The van der Waals surface area contributed by atoms with Crippen molar-refractivity contribution in [2.45, 2.75) is 44.2 Å². The number of imide groups is 1. The third kappa shape index (κ3) is 3.92. The molecule has 0 radical (unpaired) electrons. The Morgan fingerprint density at radius 2 is 1.94 bits per heavy atom. The maximum absolute atomic E-state index is 13.3. The number of hydrogen-bond donors (Lipinski definition) is 1. The van der Waals surface area contributed by atoms with Crippen LogP contribution < -0.4 is 14.8 Å². The largest absolute Gasteiger partial charge is 0.493 e. The lowest BCUT2D eigenvalue weighted by Gasteiger charge is -2.27. The molecule has 0 spiro atoms. The number of anilines is 1. The molecule has 0 saturated heterocycles. The molecule has 8 nitrogen and oxygen atoms in total. The van der Waals surface area contributed by atoms with Crippen LogP contribution >= 0.6 is 11.3 Å². The Kier molecular flexibility index (Phi) is 6.36. The minimum Gasteiger partial charge on any atom is -0.493 e. The van der Waals surface area contributed by atoms with Crippen LogP contribution in [0.1, 0.15) is 64.4 Å². The van der Waals surface area contributed by atoms with Crippen molar-refractivity contribution in [3.05, 3.63) is 40.3 Å². The number of nitrogens with one attached hydrogen (secondary N) is 1. The minimum atomic E-state index is -0.832. The average Bonchev–Trinajstić information content (AvgIpc) is 3.52.